The first kappa shape index (κ1) is 18.7. The molecule has 20 heavy (non-hydrogen) atoms. The van der Waals surface area contributed by atoms with Gasteiger partial charge in [-0.25, -0.2) is 0 Å². The predicted octanol–water partition coefficient (Wildman–Crippen LogP) is 2.13. The van der Waals surface area contributed by atoms with Gasteiger partial charge in [0.05, 0.1) is 6.04 Å². The van der Waals surface area contributed by atoms with Crippen LogP contribution in [0.4, 0.5) is 5.69 Å². The molecule has 0 spiro atoms. The number of carbonyl (C=O) groups excluding carboxylic acids is 1. The van der Waals surface area contributed by atoms with Crippen molar-refractivity contribution in [3.05, 3.63) is 30.3 Å². The van der Waals surface area contributed by atoms with Gasteiger partial charge in [-0.05, 0) is 18.6 Å². The summed E-state index contributed by atoms with van der Waals surface area (Å²) < 4.78 is 0. The number of carbonyl (C=O) groups is 1. The number of nitrogens with zero attached hydrogens (tertiary/aromatic N) is 2. The van der Waals surface area contributed by atoms with E-state index in [1.165, 1.54) is 0 Å². The molecule has 0 aromatic heterocycles. The second kappa shape index (κ2) is 9.61. The van der Waals surface area contributed by atoms with E-state index in [-0.39, 0.29) is 24.4 Å². The number of nitrogens with two attached hydrogens (primary N) is 1. The molecule has 0 aliphatic carbocycles. The molecule has 0 saturated carbocycles. The Morgan fingerprint density at radius 2 is 1.80 bits per heavy atom. The summed E-state index contributed by atoms with van der Waals surface area (Å²) in [6.45, 7) is 3.52. The topological polar surface area (TPSA) is 49.6 Å². The van der Waals surface area contributed by atoms with Crippen molar-refractivity contribution in [2.45, 2.75) is 25.8 Å². The number of hydrogen-bond acceptors (Lipinski definition) is 3. The number of rotatable bonds is 7. The summed E-state index contributed by atoms with van der Waals surface area (Å²) in [6, 6.07) is 9.78. The first-order chi connectivity index (χ1) is 9.06. The van der Waals surface area contributed by atoms with E-state index in [2.05, 4.69) is 17.0 Å². The molecule has 0 radical (unpaired) electrons. The highest BCUT2D eigenvalue weighted by Gasteiger charge is 2.17. The van der Waals surface area contributed by atoms with Gasteiger partial charge in [0.15, 0.2) is 0 Å². The van der Waals surface area contributed by atoms with Crippen molar-refractivity contribution in [3.63, 3.8) is 0 Å². The lowest BCUT2D eigenvalue weighted by Crippen LogP contribution is -2.44. The van der Waals surface area contributed by atoms with E-state index in [1.807, 2.05) is 39.2 Å². The molecule has 1 amide bonds. The van der Waals surface area contributed by atoms with Crippen LogP contribution in [0.1, 0.15) is 19.8 Å². The number of benzene rings is 1. The van der Waals surface area contributed by atoms with Crippen LogP contribution in [0.3, 0.4) is 0 Å². The SMILES string of the molecule is CCCC(N)C(=O)N(C)CCN(C)c1ccccc1.Cl. The Hall–Kier alpha value is -1.26. The minimum absolute atomic E-state index is 0. The molecule has 4 nitrogen and oxygen atoms in total. The minimum Gasteiger partial charge on any atom is -0.373 e. The van der Waals surface area contributed by atoms with Crippen LogP contribution in [0.25, 0.3) is 0 Å². The van der Waals surface area contributed by atoms with E-state index in [1.54, 1.807) is 4.90 Å². The highest BCUT2D eigenvalue weighted by atomic mass is 35.5. The minimum atomic E-state index is -0.364. The lowest BCUT2D eigenvalue weighted by Gasteiger charge is -2.25. The van der Waals surface area contributed by atoms with Crippen molar-refractivity contribution in [2.24, 2.45) is 5.73 Å². The van der Waals surface area contributed by atoms with E-state index in [9.17, 15) is 4.79 Å². The molecule has 2 N–H and O–H groups in total. The number of anilines is 1. The molecular weight excluding hydrogens is 274 g/mol. The Morgan fingerprint density at radius 3 is 2.35 bits per heavy atom. The van der Waals surface area contributed by atoms with Crippen LogP contribution >= 0.6 is 12.4 Å². The normalized spacial score (nSPS) is 11.4. The van der Waals surface area contributed by atoms with Crippen molar-refractivity contribution < 1.29 is 4.79 Å². The molecule has 0 aliphatic heterocycles. The number of amides is 1. The molecule has 114 valence electrons. The van der Waals surface area contributed by atoms with Crippen molar-refractivity contribution in [3.8, 4) is 0 Å². The van der Waals surface area contributed by atoms with Crippen molar-refractivity contribution >= 4 is 24.0 Å². The molecule has 0 heterocycles. The molecular formula is C15H26ClN3O. The van der Waals surface area contributed by atoms with Crippen LogP contribution in [-0.4, -0.2) is 44.0 Å². The molecule has 0 saturated heterocycles. The summed E-state index contributed by atoms with van der Waals surface area (Å²) in [7, 11) is 3.84. The van der Waals surface area contributed by atoms with Gasteiger partial charge < -0.3 is 15.5 Å². The zero-order chi connectivity index (χ0) is 14.3. The van der Waals surface area contributed by atoms with Crippen LogP contribution in [0, 0.1) is 0 Å². The largest absolute Gasteiger partial charge is 0.373 e. The summed E-state index contributed by atoms with van der Waals surface area (Å²) in [5.74, 6) is 0.0308. The van der Waals surface area contributed by atoms with E-state index in [0.717, 1.165) is 25.1 Å². The summed E-state index contributed by atoms with van der Waals surface area (Å²) in [4.78, 5) is 15.8. The number of halogens is 1. The van der Waals surface area contributed by atoms with Crippen LogP contribution in [0.2, 0.25) is 0 Å². The molecule has 1 aromatic carbocycles. The highest BCUT2D eigenvalue weighted by molar-refractivity contribution is 5.85. The zero-order valence-electron chi connectivity index (χ0n) is 12.6. The van der Waals surface area contributed by atoms with Gasteiger partial charge in [0.25, 0.3) is 0 Å². The molecule has 1 rings (SSSR count). The third-order valence-corrected chi connectivity index (χ3v) is 3.26. The van der Waals surface area contributed by atoms with Crippen molar-refractivity contribution in [2.75, 3.05) is 32.1 Å². The van der Waals surface area contributed by atoms with Gasteiger partial charge >= 0.3 is 0 Å². The molecule has 0 aliphatic rings. The Labute approximate surface area is 128 Å². The smallest absolute Gasteiger partial charge is 0.239 e. The summed E-state index contributed by atoms with van der Waals surface area (Å²) in [6.07, 6.45) is 1.68. The Balaban J connectivity index is 0.00000361. The highest BCUT2D eigenvalue weighted by Crippen LogP contribution is 2.10. The van der Waals surface area contributed by atoms with Gasteiger partial charge in [-0.3, -0.25) is 4.79 Å². The third-order valence-electron chi connectivity index (χ3n) is 3.26. The average Bonchev–Trinajstić information content (AvgIpc) is 2.44. The van der Waals surface area contributed by atoms with E-state index >= 15 is 0 Å². The average molecular weight is 300 g/mol. The Kier molecular flexibility index (Phi) is 9.01. The number of likely N-dealkylation sites (N-methyl/N-ethyl adjacent to an activating group) is 2. The fourth-order valence-corrected chi connectivity index (χ4v) is 1.94. The van der Waals surface area contributed by atoms with Crippen LogP contribution < -0.4 is 10.6 Å². The van der Waals surface area contributed by atoms with Gasteiger partial charge in [0, 0.05) is 32.9 Å². The van der Waals surface area contributed by atoms with Gasteiger partial charge in [-0.2, -0.15) is 0 Å². The molecule has 5 heteroatoms. The molecule has 1 aromatic rings. The first-order valence-corrected chi connectivity index (χ1v) is 6.83. The Bertz CT molecular complexity index is 386. The maximum atomic E-state index is 12.0. The second-order valence-corrected chi connectivity index (χ2v) is 4.91. The van der Waals surface area contributed by atoms with E-state index in [4.69, 9.17) is 5.73 Å². The van der Waals surface area contributed by atoms with Gasteiger partial charge in [-0.15, -0.1) is 12.4 Å². The molecule has 1 unspecified atom stereocenters. The lowest BCUT2D eigenvalue weighted by molar-refractivity contribution is -0.131. The second-order valence-electron chi connectivity index (χ2n) is 4.91. The third kappa shape index (κ3) is 5.80. The van der Waals surface area contributed by atoms with Gasteiger partial charge in [0.1, 0.15) is 0 Å². The fraction of sp³-hybridized carbons (Fsp3) is 0.533. The quantitative estimate of drug-likeness (QED) is 0.839. The molecule has 0 fully saturated rings. The first-order valence-electron chi connectivity index (χ1n) is 6.83. The van der Waals surface area contributed by atoms with Gasteiger partial charge in [0.2, 0.25) is 5.91 Å². The van der Waals surface area contributed by atoms with Crippen LogP contribution in [0.5, 0.6) is 0 Å². The lowest BCUT2D eigenvalue weighted by atomic mass is 10.1. The number of hydrogen-bond donors (Lipinski definition) is 1. The van der Waals surface area contributed by atoms with Crippen molar-refractivity contribution in [1.82, 2.24) is 4.90 Å². The fourth-order valence-electron chi connectivity index (χ4n) is 1.94. The summed E-state index contributed by atoms with van der Waals surface area (Å²) in [5.41, 5.74) is 7.00. The number of para-hydroxylation sites is 1. The predicted molar refractivity (Wildman–Crippen MR) is 87.5 cm³/mol. The van der Waals surface area contributed by atoms with E-state index in [0.29, 0.717) is 6.54 Å². The standard InChI is InChI=1S/C15H25N3O.ClH/c1-4-8-14(16)15(19)18(3)12-11-17(2)13-9-6-5-7-10-13;/h5-7,9-10,14H,4,8,11-12,16H2,1-3H3;1H. The maximum Gasteiger partial charge on any atom is 0.239 e. The van der Waals surface area contributed by atoms with Crippen LogP contribution in [-0.2, 0) is 4.79 Å². The maximum absolute atomic E-state index is 12.0. The zero-order valence-corrected chi connectivity index (χ0v) is 13.4. The van der Waals surface area contributed by atoms with Crippen LogP contribution in [0.15, 0.2) is 30.3 Å². The molecule has 0 bridgehead atoms. The Morgan fingerprint density at radius 1 is 1.20 bits per heavy atom. The van der Waals surface area contributed by atoms with Gasteiger partial charge in [-0.1, -0.05) is 31.5 Å². The summed E-state index contributed by atoms with van der Waals surface area (Å²) >= 11 is 0. The molecule has 1 atom stereocenters. The monoisotopic (exact) mass is 299 g/mol. The summed E-state index contributed by atoms with van der Waals surface area (Å²) in [5, 5.41) is 0. The van der Waals surface area contributed by atoms with Crippen molar-refractivity contribution in [1.29, 1.82) is 0 Å². The van der Waals surface area contributed by atoms with E-state index < -0.39 is 0 Å².